The number of anilines is 1. The lowest BCUT2D eigenvalue weighted by atomic mass is 10.00. The first-order chi connectivity index (χ1) is 15.0. The summed E-state index contributed by atoms with van der Waals surface area (Å²) in [5, 5.41) is 6.89. The van der Waals surface area contributed by atoms with Crippen LogP contribution in [0.25, 0.3) is 0 Å². The number of carbonyl (C=O) groups excluding carboxylic acids is 2. The summed E-state index contributed by atoms with van der Waals surface area (Å²) < 4.78 is 39.9. The molecule has 0 radical (unpaired) electrons. The first kappa shape index (κ1) is 24.6. The fraction of sp³-hybridized carbons (Fsp3) is 0.333. The van der Waals surface area contributed by atoms with Crippen LogP contribution in [0.3, 0.4) is 0 Å². The maximum atomic E-state index is 13.3. The van der Waals surface area contributed by atoms with Gasteiger partial charge >= 0.3 is 6.18 Å². The number of carbonyl (C=O) groups is 3. The van der Waals surface area contributed by atoms with Gasteiger partial charge in [0, 0.05) is 31.4 Å². The second kappa shape index (κ2) is 10.1. The van der Waals surface area contributed by atoms with Crippen molar-refractivity contribution >= 4 is 24.1 Å². The molecule has 0 aliphatic carbocycles. The number of benzene rings is 1. The molecular formula is C21H23F3N4O4. The van der Waals surface area contributed by atoms with E-state index in [9.17, 15) is 22.8 Å². The van der Waals surface area contributed by atoms with Gasteiger partial charge in [-0.15, -0.1) is 0 Å². The number of amides is 2. The highest BCUT2D eigenvalue weighted by Crippen LogP contribution is 2.33. The molecular weight excluding hydrogens is 429 g/mol. The van der Waals surface area contributed by atoms with Crippen molar-refractivity contribution in [2.24, 2.45) is 0 Å². The summed E-state index contributed by atoms with van der Waals surface area (Å²) in [6.07, 6.45) is -3.24. The van der Waals surface area contributed by atoms with Crippen molar-refractivity contribution < 1.29 is 32.7 Å². The third-order valence-corrected chi connectivity index (χ3v) is 5.28. The van der Waals surface area contributed by atoms with Gasteiger partial charge in [-0.2, -0.15) is 13.2 Å². The van der Waals surface area contributed by atoms with E-state index in [1.54, 1.807) is 24.8 Å². The van der Waals surface area contributed by atoms with Gasteiger partial charge in [-0.05, 0) is 38.1 Å². The summed E-state index contributed by atoms with van der Waals surface area (Å²) >= 11 is 0. The molecule has 1 aliphatic rings. The molecule has 1 fully saturated rings. The Kier molecular flexibility index (Phi) is 7.79. The van der Waals surface area contributed by atoms with E-state index in [4.69, 9.17) is 15.6 Å². The zero-order valence-electron chi connectivity index (χ0n) is 17.4. The molecule has 1 aromatic heterocycles. The maximum absolute atomic E-state index is 13.3. The number of nitrogens with two attached hydrogens (primary N) is 1. The van der Waals surface area contributed by atoms with Gasteiger partial charge < -0.3 is 20.6 Å². The van der Waals surface area contributed by atoms with Crippen LogP contribution in [0.5, 0.6) is 0 Å². The van der Waals surface area contributed by atoms with Gasteiger partial charge in [0.2, 0.25) is 0 Å². The Morgan fingerprint density at radius 3 is 2.09 bits per heavy atom. The molecule has 0 bridgehead atoms. The molecule has 0 spiro atoms. The van der Waals surface area contributed by atoms with E-state index in [2.05, 4.69) is 4.98 Å². The number of nitrogens with zero attached hydrogens (tertiary/aromatic N) is 3. The lowest BCUT2D eigenvalue weighted by Gasteiger charge is -2.45. The smallest absolute Gasteiger partial charge is 0.417 e. The Labute approximate surface area is 182 Å². The Morgan fingerprint density at radius 1 is 1.06 bits per heavy atom. The molecule has 1 saturated heterocycles. The summed E-state index contributed by atoms with van der Waals surface area (Å²) in [4.78, 5) is 41.0. The molecule has 2 aromatic rings. The Hall–Kier alpha value is -3.63. The number of rotatable bonds is 2. The predicted molar refractivity (Wildman–Crippen MR) is 110 cm³/mol. The molecule has 3 rings (SSSR count). The molecule has 2 amide bonds. The van der Waals surface area contributed by atoms with Crippen molar-refractivity contribution in [2.75, 3.05) is 18.8 Å². The fourth-order valence-corrected chi connectivity index (χ4v) is 3.49. The third-order valence-electron chi connectivity index (χ3n) is 5.28. The van der Waals surface area contributed by atoms with Crippen LogP contribution in [0.1, 0.15) is 40.1 Å². The van der Waals surface area contributed by atoms with Crippen LogP contribution in [0.4, 0.5) is 19.0 Å². The van der Waals surface area contributed by atoms with Crippen LogP contribution in [0.15, 0.2) is 42.6 Å². The van der Waals surface area contributed by atoms with Crippen LogP contribution in [-0.2, 0) is 11.0 Å². The highest BCUT2D eigenvalue weighted by molar-refractivity contribution is 5.97. The molecule has 2 heterocycles. The number of nitrogen functional groups attached to an aromatic ring is 1. The van der Waals surface area contributed by atoms with E-state index in [0.29, 0.717) is 11.4 Å². The summed E-state index contributed by atoms with van der Waals surface area (Å²) in [6, 6.07) is 6.97. The van der Waals surface area contributed by atoms with Crippen LogP contribution in [0.2, 0.25) is 0 Å². The van der Waals surface area contributed by atoms with E-state index in [-0.39, 0.29) is 31.0 Å². The monoisotopic (exact) mass is 452 g/mol. The van der Waals surface area contributed by atoms with Crippen LogP contribution in [0, 0.1) is 0 Å². The molecule has 3 N–H and O–H groups in total. The molecule has 2 atom stereocenters. The number of piperazine rings is 1. The number of alkyl halides is 3. The Bertz CT molecular complexity index is 966. The first-order valence-electron chi connectivity index (χ1n) is 9.60. The third kappa shape index (κ3) is 5.34. The lowest BCUT2D eigenvalue weighted by Crippen LogP contribution is -2.60. The Balaban J connectivity index is 0.00000114. The van der Waals surface area contributed by atoms with Gasteiger partial charge in [0.1, 0.15) is 5.82 Å². The van der Waals surface area contributed by atoms with E-state index < -0.39 is 29.7 Å². The Morgan fingerprint density at radius 2 is 1.59 bits per heavy atom. The molecule has 1 aromatic carbocycles. The quantitative estimate of drug-likeness (QED) is 0.677. The van der Waals surface area contributed by atoms with Crippen molar-refractivity contribution in [1.82, 2.24) is 14.8 Å². The topological polar surface area (TPSA) is 117 Å². The summed E-state index contributed by atoms with van der Waals surface area (Å²) in [7, 11) is 0. The van der Waals surface area contributed by atoms with E-state index in [0.717, 1.165) is 6.07 Å². The fourth-order valence-electron chi connectivity index (χ4n) is 3.49. The van der Waals surface area contributed by atoms with Crippen LogP contribution >= 0.6 is 0 Å². The highest BCUT2D eigenvalue weighted by atomic mass is 19.4. The minimum Gasteiger partial charge on any atom is -0.483 e. The van der Waals surface area contributed by atoms with Crippen molar-refractivity contribution in [3.63, 3.8) is 0 Å². The van der Waals surface area contributed by atoms with Crippen molar-refractivity contribution in [3.8, 4) is 0 Å². The standard InChI is InChI=1S/C20H21F3N4O2.CH2O2/c1-12-13(2)27(19(29)15-5-3-4-6-16(15)20(21,22)23)10-9-26(12)18(28)14-7-8-17(24)25-11-14;2-1-3/h3-8,11-13H,9-10H2,1-2H3,(H2,24,25);1H,(H,2,3)/t12-,13-;/m1./s1. The largest absolute Gasteiger partial charge is 0.483 e. The van der Waals surface area contributed by atoms with Gasteiger partial charge in [-0.25, -0.2) is 4.98 Å². The van der Waals surface area contributed by atoms with Crippen LogP contribution < -0.4 is 5.73 Å². The molecule has 1 aliphatic heterocycles. The normalized spacial score (nSPS) is 18.4. The molecule has 0 unspecified atom stereocenters. The average molecular weight is 452 g/mol. The average Bonchev–Trinajstić information content (AvgIpc) is 2.75. The minimum absolute atomic E-state index is 0.130. The first-order valence-corrected chi connectivity index (χ1v) is 9.60. The SMILES string of the molecule is C[C@@H]1[C@@H](C)N(C(=O)c2ccccc2C(F)(F)F)CCN1C(=O)c1ccc(N)nc1.O=CO. The van der Waals surface area contributed by atoms with Crippen LogP contribution in [-0.4, -0.2) is 63.4 Å². The highest BCUT2D eigenvalue weighted by Gasteiger charge is 2.40. The number of carboxylic acid groups (broad SMARTS) is 1. The second-order valence-corrected chi connectivity index (χ2v) is 7.10. The zero-order chi connectivity index (χ0) is 24.1. The van der Waals surface area contributed by atoms with Gasteiger partial charge in [-0.3, -0.25) is 14.4 Å². The van der Waals surface area contributed by atoms with E-state index in [1.165, 1.54) is 35.4 Å². The van der Waals surface area contributed by atoms with E-state index in [1.807, 2.05) is 0 Å². The van der Waals surface area contributed by atoms with Gasteiger partial charge in [-0.1, -0.05) is 12.1 Å². The second-order valence-electron chi connectivity index (χ2n) is 7.10. The molecule has 0 saturated carbocycles. The molecule has 11 heteroatoms. The predicted octanol–water partition coefficient (Wildman–Crippen LogP) is 2.76. The summed E-state index contributed by atoms with van der Waals surface area (Å²) in [5.41, 5.74) is 4.56. The molecule has 32 heavy (non-hydrogen) atoms. The summed E-state index contributed by atoms with van der Waals surface area (Å²) in [6.45, 7) is 3.57. The summed E-state index contributed by atoms with van der Waals surface area (Å²) in [5.74, 6) is -0.667. The number of pyridine rings is 1. The van der Waals surface area contributed by atoms with Gasteiger partial charge in [0.15, 0.2) is 0 Å². The van der Waals surface area contributed by atoms with Crippen molar-refractivity contribution in [2.45, 2.75) is 32.1 Å². The number of hydrogen-bond acceptors (Lipinski definition) is 5. The minimum atomic E-state index is -4.62. The van der Waals surface area contributed by atoms with E-state index >= 15 is 0 Å². The lowest BCUT2D eigenvalue weighted by molar-refractivity contribution is -0.138. The molecule has 8 nitrogen and oxygen atoms in total. The van der Waals surface area contributed by atoms with Crippen molar-refractivity contribution in [1.29, 1.82) is 0 Å². The number of hydrogen-bond donors (Lipinski definition) is 2. The number of halogens is 3. The zero-order valence-corrected chi connectivity index (χ0v) is 17.4. The van der Waals surface area contributed by atoms with Crippen molar-refractivity contribution in [3.05, 3.63) is 59.3 Å². The van der Waals surface area contributed by atoms with Gasteiger partial charge in [0.25, 0.3) is 18.3 Å². The number of aromatic nitrogens is 1. The molecule has 172 valence electrons. The maximum Gasteiger partial charge on any atom is 0.417 e. The van der Waals surface area contributed by atoms with Gasteiger partial charge in [0.05, 0.1) is 16.7 Å².